The van der Waals surface area contributed by atoms with Gasteiger partial charge in [0.2, 0.25) is 0 Å². The molecular formula is C15H22ClNO3. The number of para-hydroxylation sites is 1. The number of benzene rings is 1. The van der Waals surface area contributed by atoms with E-state index < -0.39 is 5.60 Å². The lowest BCUT2D eigenvalue weighted by Crippen LogP contribution is -2.36. The first kappa shape index (κ1) is 16.6. The van der Waals surface area contributed by atoms with Crippen molar-refractivity contribution < 1.29 is 14.3 Å². The Hall–Kier alpha value is -1.42. The van der Waals surface area contributed by atoms with Crippen LogP contribution < -0.4 is 4.74 Å². The number of hydrogen-bond donors (Lipinski definition) is 0. The molecule has 0 bridgehead atoms. The predicted molar refractivity (Wildman–Crippen MR) is 80.5 cm³/mol. The second-order valence-electron chi connectivity index (χ2n) is 5.64. The number of likely N-dealkylation sites (N-methyl/N-ethyl adjacent to an activating group) is 1. The highest BCUT2D eigenvalue weighted by atomic mass is 35.5. The van der Waals surface area contributed by atoms with Gasteiger partial charge < -0.3 is 14.4 Å². The van der Waals surface area contributed by atoms with Gasteiger partial charge in [0.05, 0.1) is 11.6 Å². The number of aryl methyl sites for hydroxylation is 1. The van der Waals surface area contributed by atoms with Crippen LogP contribution in [-0.4, -0.2) is 36.8 Å². The topological polar surface area (TPSA) is 38.8 Å². The highest BCUT2D eigenvalue weighted by molar-refractivity contribution is 6.32. The van der Waals surface area contributed by atoms with E-state index in [9.17, 15) is 4.79 Å². The molecule has 0 saturated carbocycles. The van der Waals surface area contributed by atoms with Crippen LogP contribution in [0.1, 0.15) is 26.3 Å². The lowest BCUT2D eigenvalue weighted by molar-refractivity contribution is 0.0278. The van der Waals surface area contributed by atoms with E-state index in [-0.39, 0.29) is 6.09 Å². The SMILES string of the molecule is Cc1cccc(Cl)c1OCCN(C)C(=O)OC(C)(C)C. The first-order chi connectivity index (χ1) is 9.20. The lowest BCUT2D eigenvalue weighted by Gasteiger charge is -2.24. The standard InChI is InChI=1S/C15H22ClNO3/c1-11-7-6-8-12(16)13(11)19-10-9-17(5)14(18)20-15(2,3)4/h6-8H,9-10H2,1-5H3. The lowest BCUT2D eigenvalue weighted by atomic mass is 10.2. The maximum Gasteiger partial charge on any atom is 0.410 e. The number of rotatable bonds is 4. The summed E-state index contributed by atoms with van der Waals surface area (Å²) < 4.78 is 10.9. The van der Waals surface area contributed by atoms with Crippen molar-refractivity contribution in [3.05, 3.63) is 28.8 Å². The Morgan fingerprint density at radius 2 is 2.00 bits per heavy atom. The second-order valence-corrected chi connectivity index (χ2v) is 6.04. The molecule has 112 valence electrons. The van der Waals surface area contributed by atoms with Crippen molar-refractivity contribution >= 4 is 17.7 Å². The number of carbonyl (C=O) groups is 1. The number of nitrogens with zero attached hydrogens (tertiary/aromatic N) is 1. The fraction of sp³-hybridized carbons (Fsp3) is 0.533. The van der Waals surface area contributed by atoms with Gasteiger partial charge in [-0.2, -0.15) is 0 Å². The molecule has 1 amide bonds. The van der Waals surface area contributed by atoms with Crippen molar-refractivity contribution in [2.24, 2.45) is 0 Å². The first-order valence-electron chi connectivity index (χ1n) is 6.53. The maximum absolute atomic E-state index is 11.8. The Morgan fingerprint density at radius 3 is 2.55 bits per heavy atom. The quantitative estimate of drug-likeness (QED) is 0.846. The maximum atomic E-state index is 11.8. The van der Waals surface area contributed by atoms with E-state index in [1.807, 2.05) is 39.8 Å². The third kappa shape index (κ3) is 5.29. The van der Waals surface area contributed by atoms with Crippen molar-refractivity contribution in [2.75, 3.05) is 20.2 Å². The molecule has 0 aliphatic heterocycles. The summed E-state index contributed by atoms with van der Waals surface area (Å²) >= 11 is 6.06. The minimum atomic E-state index is -0.495. The van der Waals surface area contributed by atoms with Crippen LogP contribution in [0.4, 0.5) is 4.79 Å². The fourth-order valence-corrected chi connectivity index (χ4v) is 1.79. The molecule has 20 heavy (non-hydrogen) atoms. The molecule has 0 saturated heterocycles. The van der Waals surface area contributed by atoms with Gasteiger partial charge in [-0.3, -0.25) is 0 Å². The second kappa shape index (κ2) is 6.84. The number of carbonyl (C=O) groups excluding carboxylic acids is 1. The Balaban J connectivity index is 2.46. The zero-order valence-corrected chi connectivity index (χ0v) is 13.5. The highest BCUT2D eigenvalue weighted by Gasteiger charge is 2.19. The molecule has 0 N–H and O–H groups in total. The Kier molecular flexibility index (Phi) is 5.69. The summed E-state index contributed by atoms with van der Waals surface area (Å²) in [6.45, 7) is 8.23. The Bertz CT molecular complexity index is 448. The Morgan fingerprint density at radius 1 is 1.35 bits per heavy atom. The van der Waals surface area contributed by atoms with Crippen LogP contribution in [0.15, 0.2) is 18.2 Å². The van der Waals surface area contributed by atoms with Crippen LogP contribution in [0.2, 0.25) is 5.02 Å². The smallest absolute Gasteiger partial charge is 0.410 e. The summed E-state index contributed by atoms with van der Waals surface area (Å²) in [6.07, 6.45) is -0.364. The minimum absolute atomic E-state index is 0.361. The molecule has 0 heterocycles. The third-order valence-corrected chi connectivity index (χ3v) is 2.84. The van der Waals surface area contributed by atoms with Crippen LogP contribution in [0.25, 0.3) is 0 Å². The largest absolute Gasteiger partial charge is 0.490 e. The van der Waals surface area contributed by atoms with E-state index in [4.69, 9.17) is 21.1 Å². The molecule has 5 heteroatoms. The van der Waals surface area contributed by atoms with E-state index in [0.717, 1.165) is 5.56 Å². The van der Waals surface area contributed by atoms with Crippen LogP contribution in [0.3, 0.4) is 0 Å². The molecule has 0 fully saturated rings. The molecule has 4 nitrogen and oxygen atoms in total. The van der Waals surface area contributed by atoms with Gasteiger partial charge in [0.15, 0.2) is 0 Å². The normalized spacial score (nSPS) is 11.1. The average molecular weight is 300 g/mol. The molecule has 0 radical (unpaired) electrons. The van der Waals surface area contributed by atoms with Gasteiger partial charge in [0.25, 0.3) is 0 Å². The summed E-state index contributed by atoms with van der Waals surface area (Å²) in [5.74, 6) is 0.659. The molecule has 1 aromatic carbocycles. The highest BCUT2D eigenvalue weighted by Crippen LogP contribution is 2.27. The van der Waals surface area contributed by atoms with Crippen molar-refractivity contribution in [3.63, 3.8) is 0 Å². The summed E-state index contributed by atoms with van der Waals surface area (Å²) in [5.41, 5.74) is 0.475. The van der Waals surface area contributed by atoms with Gasteiger partial charge in [-0.1, -0.05) is 23.7 Å². The number of ether oxygens (including phenoxy) is 2. The van der Waals surface area contributed by atoms with E-state index in [1.54, 1.807) is 13.1 Å². The van der Waals surface area contributed by atoms with Gasteiger partial charge in [-0.05, 0) is 39.3 Å². The predicted octanol–water partition coefficient (Wildman–Crippen LogP) is 3.89. The molecule has 0 unspecified atom stereocenters. The van der Waals surface area contributed by atoms with E-state index in [0.29, 0.717) is 23.9 Å². The van der Waals surface area contributed by atoms with Crippen molar-refractivity contribution in [1.29, 1.82) is 0 Å². The zero-order valence-electron chi connectivity index (χ0n) is 12.7. The average Bonchev–Trinajstić information content (AvgIpc) is 2.30. The van der Waals surface area contributed by atoms with Crippen LogP contribution in [0, 0.1) is 6.92 Å². The van der Waals surface area contributed by atoms with Gasteiger partial charge in [0.1, 0.15) is 18.0 Å². The van der Waals surface area contributed by atoms with E-state index in [2.05, 4.69) is 0 Å². The molecule has 0 aliphatic rings. The minimum Gasteiger partial charge on any atom is -0.490 e. The van der Waals surface area contributed by atoms with E-state index in [1.165, 1.54) is 4.90 Å². The molecule has 0 atom stereocenters. The van der Waals surface area contributed by atoms with Gasteiger partial charge in [-0.25, -0.2) is 4.79 Å². The number of amides is 1. The zero-order chi connectivity index (χ0) is 15.3. The summed E-state index contributed by atoms with van der Waals surface area (Å²) in [7, 11) is 1.68. The van der Waals surface area contributed by atoms with Crippen molar-refractivity contribution in [3.8, 4) is 5.75 Å². The van der Waals surface area contributed by atoms with Crippen molar-refractivity contribution in [2.45, 2.75) is 33.3 Å². The summed E-state index contributed by atoms with van der Waals surface area (Å²) in [6, 6.07) is 5.58. The van der Waals surface area contributed by atoms with Gasteiger partial charge in [-0.15, -0.1) is 0 Å². The molecule has 0 aromatic heterocycles. The van der Waals surface area contributed by atoms with Gasteiger partial charge >= 0.3 is 6.09 Å². The monoisotopic (exact) mass is 299 g/mol. The van der Waals surface area contributed by atoms with Crippen LogP contribution >= 0.6 is 11.6 Å². The molecular weight excluding hydrogens is 278 g/mol. The molecule has 1 rings (SSSR count). The summed E-state index contributed by atoms with van der Waals surface area (Å²) in [4.78, 5) is 13.2. The Labute approximate surface area is 125 Å². The van der Waals surface area contributed by atoms with Gasteiger partial charge in [0, 0.05) is 7.05 Å². The summed E-state index contributed by atoms with van der Waals surface area (Å²) in [5, 5.41) is 0.574. The number of hydrogen-bond acceptors (Lipinski definition) is 3. The van der Waals surface area contributed by atoms with E-state index >= 15 is 0 Å². The fourth-order valence-electron chi connectivity index (χ4n) is 1.52. The third-order valence-electron chi connectivity index (χ3n) is 2.54. The van der Waals surface area contributed by atoms with Crippen LogP contribution in [0.5, 0.6) is 5.75 Å². The van der Waals surface area contributed by atoms with Crippen molar-refractivity contribution in [1.82, 2.24) is 4.90 Å². The number of halogens is 1. The molecule has 0 spiro atoms. The molecule has 1 aromatic rings. The molecule has 0 aliphatic carbocycles. The first-order valence-corrected chi connectivity index (χ1v) is 6.90. The van der Waals surface area contributed by atoms with Crippen LogP contribution in [-0.2, 0) is 4.74 Å².